The number of benzene rings is 1. The fraction of sp³-hybridized carbons (Fsp3) is 0.267. The van der Waals surface area contributed by atoms with Gasteiger partial charge in [0.1, 0.15) is 11.9 Å². The largest absolute Gasteiger partial charge is 0.342 e. The smallest absolute Gasteiger partial charge is 0.249 e. The second kappa shape index (κ2) is 6.39. The molecule has 1 atom stereocenters. The standard InChI is InChI=1S/C15H14BrFN4O/c16-10-8-18-15(19-9-10)20-12-5-3-7-21(14(12)22)13-6-2-1-4-11(13)17/h1-2,4,6,8-9,12H,3,5,7H2,(H,18,19,20). The Kier molecular flexibility index (Phi) is 4.33. The number of aromatic nitrogens is 2. The first-order chi connectivity index (χ1) is 10.6. The molecule has 5 nitrogen and oxygen atoms in total. The van der Waals surface area contributed by atoms with E-state index in [-0.39, 0.29) is 5.91 Å². The van der Waals surface area contributed by atoms with Crippen LogP contribution in [-0.4, -0.2) is 28.5 Å². The molecule has 1 aliphatic heterocycles. The van der Waals surface area contributed by atoms with Crippen molar-refractivity contribution in [2.45, 2.75) is 18.9 Å². The normalized spacial score (nSPS) is 18.4. The SMILES string of the molecule is O=C1C(Nc2ncc(Br)cn2)CCCN1c1ccccc1F. The van der Waals surface area contributed by atoms with Crippen LogP contribution in [0.15, 0.2) is 41.1 Å². The van der Waals surface area contributed by atoms with Crippen LogP contribution < -0.4 is 10.2 Å². The van der Waals surface area contributed by atoms with Crippen LogP contribution in [0.4, 0.5) is 16.0 Å². The van der Waals surface area contributed by atoms with E-state index in [9.17, 15) is 9.18 Å². The number of para-hydroxylation sites is 1. The zero-order valence-corrected chi connectivity index (χ0v) is 13.3. The first-order valence-electron chi connectivity index (χ1n) is 6.95. The third kappa shape index (κ3) is 3.09. The van der Waals surface area contributed by atoms with Crippen LogP contribution in [0.3, 0.4) is 0 Å². The van der Waals surface area contributed by atoms with Crippen molar-refractivity contribution in [1.82, 2.24) is 9.97 Å². The Bertz CT molecular complexity index is 679. The van der Waals surface area contributed by atoms with Gasteiger partial charge in [-0.1, -0.05) is 12.1 Å². The molecule has 3 rings (SSSR count). The van der Waals surface area contributed by atoms with Gasteiger partial charge in [0.25, 0.3) is 0 Å². The Hall–Kier alpha value is -2.02. The number of hydrogen-bond donors (Lipinski definition) is 1. The van der Waals surface area contributed by atoms with Gasteiger partial charge in [-0.15, -0.1) is 0 Å². The van der Waals surface area contributed by atoms with Crippen LogP contribution >= 0.6 is 15.9 Å². The minimum atomic E-state index is -0.450. The summed E-state index contributed by atoms with van der Waals surface area (Å²) in [4.78, 5) is 22.3. The van der Waals surface area contributed by atoms with E-state index in [1.54, 1.807) is 30.6 Å². The number of nitrogens with zero attached hydrogens (tertiary/aromatic N) is 3. The van der Waals surface area contributed by atoms with Crippen LogP contribution in [0.5, 0.6) is 0 Å². The summed E-state index contributed by atoms with van der Waals surface area (Å²) >= 11 is 3.26. The van der Waals surface area contributed by atoms with Crippen molar-refractivity contribution < 1.29 is 9.18 Å². The van der Waals surface area contributed by atoms with Gasteiger partial charge >= 0.3 is 0 Å². The van der Waals surface area contributed by atoms with Crippen molar-refractivity contribution in [1.29, 1.82) is 0 Å². The minimum absolute atomic E-state index is 0.164. The third-order valence-electron chi connectivity index (χ3n) is 3.51. The molecule has 0 radical (unpaired) electrons. The molecule has 7 heteroatoms. The molecule has 0 aliphatic carbocycles. The van der Waals surface area contributed by atoms with Crippen molar-refractivity contribution in [3.05, 3.63) is 46.9 Å². The van der Waals surface area contributed by atoms with E-state index in [4.69, 9.17) is 0 Å². The maximum Gasteiger partial charge on any atom is 0.249 e. The molecular weight excluding hydrogens is 351 g/mol. The van der Waals surface area contributed by atoms with E-state index in [1.807, 2.05) is 0 Å². The minimum Gasteiger partial charge on any atom is -0.342 e. The number of carbonyl (C=O) groups excluding carboxylic acids is 1. The highest BCUT2D eigenvalue weighted by Crippen LogP contribution is 2.25. The van der Waals surface area contributed by atoms with Crippen LogP contribution in [0.2, 0.25) is 0 Å². The number of piperidine rings is 1. The zero-order chi connectivity index (χ0) is 15.5. The lowest BCUT2D eigenvalue weighted by atomic mass is 10.0. The van der Waals surface area contributed by atoms with Crippen molar-refractivity contribution in [3.63, 3.8) is 0 Å². The van der Waals surface area contributed by atoms with Gasteiger partial charge in [-0.05, 0) is 40.9 Å². The maximum atomic E-state index is 13.9. The fourth-order valence-electron chi connectivity index (χ4n) is 2.46. The molecule has 2 aromatic rings. The molecule has 1 N–H and O–H groups in total. The van der Waals surface area contributed by atoms with Crippen molar-refractivity contribution in [3.8, 4) is 0 Å². The van der Waals surface area contributed by atoms with Crippen molar-refractivity contribution in [2.75, 3.05) is 16.8 Å². The van der Waals surface area contributed by atoms with E-state index in [1.165, 1.54) is 11.0 Å². The number of hydrogen-bond acceptors (Lipinski definition) is 4. The van der Waals surface area contributed by atoms with E-state index >= 15 is 0 Å². The lowest BCUT2D eigenvalue weighted by Crippen LogP contribution is -2.48. The highest BCUT2D eigenvalue weighted by Gasteiger charge is 2.31. The topological polar surface area (TPSA) is 58.1 Å². The number of anilines is 2. The van der Waals surface area contributed by atoms with Gasteiger partial charge in [0.05, 0.1) is 10.2 Å². The predicted molar refractivity (Wildman–Crippen MR) is 85.1 cm³/mol. The summed E-state index contributed by atoms with van der Waals surface area (Å²) in [6.07, 6.45) is 4.67. The van der Waals surface area contributed by atoms with E-state index in [0.717, 1.165) is 10.9 Å². The van der Waals surface area contributed by atoms with Crippen LogP contribution in [0.25, 0.3) is 0 Å². The quantitative estimate of drug-likeness (QED) is 0.909. The number of rotatable bonds is 3. The summed E-state index contributed by atoms with van der Waals surface area (Å²) < 4.78 is 14.7. The average molecular weight is 365 g/mol. The molecule has 1 aromatic heterocycles. The number of nitrogens with one attached hydrogen (secondary N) is 1. The lowest BCUT2D eigenvalue weighted by molar-refractivity contribution is -0.120. The van der Waals surface area contributed by atoms with Gasteiger partial charge in [0, 0.05) is 18.9 Å². The molecule has 1 fully saturated rings. The Morgan fingerprint density at radius 2 is 2.00 bits per heavy atom. The number of amides is 1. The molecule has 0 bridgehead atoms. The maximum absolute atomic E-state index is 13.9. The molecule has 1 amide bonds. The molecule has 0 spiro atoms. The Morgan fingerprint density at radius 1 is 1.27 bits per heavy atom. The number of carbonyl (C=O) groups is 1. The zero-order valence-electron chi connectivity index (χ0n) is 11.7. The monoisotopic (exact) mass is 364 g/mol. The predicted octanol–water partition coefficient (Wildman–Crippen LogP) is 2.99. The average Bonchev–Trinajstić information content (AvgIpc) is 2.52. The summed E-state index contributed by atoms with van der Waals surface area (Å²) in [6.45, 7) is 0.513. The van der Waals surface area contributed by atoms with Crippen LogP contribution in [0.1, 0.15) is 12.8 Å². The third-order valence-corrected chi connectivity index (χ3v) is 3.92. The van der Waals surface area contributed by atoms with E-state index in [2.05, 4.69) is 31.2 Å². The fourth-order valence-corrected chi connectivity index (χ4v) is 2.67. The lowest BCUT2D eigenvalue weighted by Gasteiger charge is -2.32. The molecule has 1 aromatic carbocycles. The van der Waals surface area contributed by atoms with Gasteiger partial charge in [-0.25, -0.2) is 14.4 Å². The van der Waals surface area contributed by atoms with Gasteiger partial charge in [0.2, 0.25) is 11.9 Å². The molecular formula is C15H14BrFN4O. The van der Waals surface area contributed by atoms with Gasteiger partial charge in [-0.3, -0.25) is 4.79 Å². The molecule has 114 valence electrons. The second-order valence-electron chi connectivity index (χ2n) is 5.01. The Labute approximate surface area is 135 Å². The second-order valence-corrected chi connectivity index (χ2v) is 5.92. The summed E-state index contributed by atoms with van der Waals surface area (Å²) in [5, 5.41) is 3.02. The summed E-state index contributed by atoms with van der Waals surface area (Å²) in [5.74, 6) is -0.170. The molecule has 1 unspecified atom stereocenters. The van der Waals surface area contributed by atoms with Crippen molar-refractivity contribution >= 4 is 33.5 Å². The van der Waals surface area contributed by atoms with Crippen molar-refractivity contribution in [2.24, 2.45) is 0 Å². The highest BCUT2D eigenvalue weighted by molar-refractivity contribution is 9.10. The summed E-state index contributed by atoms with van der Waals surface area (Å²) in [7, 11) is 0. The van der Waals surface area contributed by atoms with E-state index < -0.39 is 11.9 Å². The first kappa shape index (κ1) is 14.9. The first-order valence-corrected chi connectivity index (χ1v) is 7.74. The summed E-state index contributed by atoms with van der Waals surface area (Å²) in [5.41, 5.74) is 0.315. The summed E-state index contributed by atoms with van der Waals surface area (Å²) in [6, 6.07) is 5.86. The van der Waals surface area contributed by atoms with Gasteiger partial charge < -0.3 is 10.2 Å². The van der Waals surface area contributed by atoms with Gasteiger partial charge in [-0.2, -0.15) is 0 Å². The molecule has 1 aliphatic rings. The van der Waals surface area contributed by atoms with Crippen LogP contribution in [-0.2, 0) is 4.79 Å². The molecule has 0 saturated carbocycles. The Balaban J connectivity index is 1.78. The molecule has 1 saturated heterocycles. The van der Waals surface area contributed by atoms with E-state index in [0.29, 0.717) is 24.6 Å². The van der Waals surface area contributed by atoms with Gasteiger partial charge in [0.15, 0.2) is 0 Å². The Morgan fingerprint density at radius 3 is 2.73 bits per heavy atom. The molecule has 2 heterocycles. The molecule has 22 heavy (non-hydrogen) atoms. The van der Waals surface area contributed by atoms with Crippen LogP contribution in [0, 0.1) is 5.82 Å². The number of halogens is 2. The highest BCUT2D eigenvalue weighted by atomic mass is 79.9.